The standard InChI is InChI=1S/C8H13NO/c1-3-7(2)5-4-6-8(9)10/h3,5H,1,4,6H2,2H3,(H2,9,10)/b7-5+. The van der Waals surface area contributed by atoms with Crippen molar-refractivity contribution < 1.29 is 4.79 Å². The van der Waals surface area contributed by atoms with Crippen molar-refractivity contribution >= 4 is 5.91 Å². The summed E-state index contributed by atoms with van der Waals surface area (Å²) in [6.45, 7) is 5.51. The van der Waals surface area contributed by atoms with Gasteiger partial charge in [-0.2, -0.15) is 0 Å². The Morgan fingerprint density at radius 3 is 2.70 bits per heavy atom. The maximum absolute atomic E-state index is 10.2. The van der Waals surface area contributed by atoms with Crippen LogP contribution in [-0.4, -0.2) is 5.91 Å². The van der Waals surface area contributed by atoms with Gasteiger partial charge in [-0.25, -0.2) is 0 Å². The predicted molar refractivity (Wildman–Crippen MR) is 42.4 cm³/mol. The van der Waals surface area contributed by atoms with Crippen LogP contribution in [0, 0.1) is 0 Å². The fraction of sp³-hybridized carbons (Fsp3) is 0.375. The molecule has 0 atom stereocenters. The van der Waals surface area contributed by atoms with E-state index in [1.165, 1.54) is 0 Å². The number of allylic oxidation sites excluding steroid dienone is 3. The lowest BCUT2D eigenvalue weighted by Gasteiger charge is -1.90. The van der Waals surface area contributed by atoms with E-state index in [9.17, 15) is 4.79 Å². The minimum absolute atomic E-state index is 0.256. The SMILES string of the molecule is C=C/C(C)=C/CCC(N)=O. The van der Waals surface area contributed by atoms with Crippen molar-refractivity contribution in [2.24, 2.45) is 5.73 Å². The fourth-order valence-corrected chi connectivity index (χ4v) is 0.525. The second-order valence-electron chi connectivity index (χ2n) is 2.16. The maximum atomic E-state index is 10.2. The van der Waals surface area contributed by atoms with Crippen LogP contribution in [0.4, 0.5) is 0 Å². The largest absolute Gasteiger partial charge is 0.370 e. The van der Waals surface area contributed by atoms with E-state index in [1.807, 2.05) is 13.0 Å². The lowest BCUT2D eigenvalue weighted by atomic mass is 10.2. The second kappa shape index (κ2) is 4.79. The summed E-state index contributed by atoms with van der Waals surface area (Å²) >= 11 is 0. The molecule has 0 saturated heterocycles. The quantitative estimate of drug-likeness (QED) is 0.587. The van der Waals surface area contributed by atoms with Gasteiger partial charge in [-0.05, 0) is 13.3 Å². The highest BCUT2D eigenvalue weighted by Crippen LogP contribution is 1.97. The van der Waals surface area contributed by atoms with E-state index in [2.05, 4.69) is 6.58 Å². The summed E-state index contributed by atoms with van der Waals surface area (Å²) in [6.07, 6.45) is 4.83. The average Bonchev–Trinajstić information content (AvgIpc) is 1.87. The molecule has 0 unspecified atom stereocenters. The van der Waals surface area contributed by atoms with Gasteiger partial charge in [0.15, 0.2) is 0 Å². The van der Waals surface area contributed by atoms with Crippen LogP contribution >= 0.6 is 0 Å². The highest BCUT2D eigenvalue weighted by atomic mass is 16.1. The van der Waals surface area contributed by atoms with Crippen molar-refractivity contribution in [2.45, 2.75) is 19.8 Å². The normalized spacial score (nSPS) is 11.1. The van der Waals surface area contributed by atoms with Gasteiger partial charge in [-0.1, -0.05) is 24.3 Å². The molecule has 0 rings (SSSR count). The smallest absolute Gasteiger partial charge is 0.217 e. The molecule has 0 fully saturated rings. The average molecular weight is 139 g/mol. The molecule has 2 N–H and O–H groups in total. The predicted octanol–water partition coefficient (Wildman–Crippen LogP) is 1.38. The number of hydrogen-bond acceptors (Lipinski definition) is 1. The first kappa shape index (κ1) is 8.95. The summed E-state index contributed by atoms with van der Waals surface area (Å²) in [5, 5.41) is 0. The van der Waals surface area contributed by atoms with E-state index in [1.54, 1.807) is 6.08 Å². The van der Waals surface area contributed by atoms with Gasteiger partial charge in [0, 0.05) is 6.42 Å². The molecule has 0 aliphatic carbocycles. The molecular formula is C8H13NO. The Kier molecular flexibility index (Phi) is 4.29. The Morgan fingerprint density at radius 2 is 2.30 bits per heavy atom. The molecule has 0 spiro atoms. The van der Waals surface area contributed by atoms with Crippen molar-refractivity contribution in [3.63, 3.8) is 0 Å². The minimum atomic E-state index is -0.256. The first-order valence-electron chi connectivity index (χ1n) is 3.24. The van der Waals surface area contributed by atoms with E-state index in [0.717, 1.165) is 5.57 Å². The molecular weight excluding hydrogens is 126 g/mol. The van der Waals surface area contributed by atoms with E-state index in [0.29, 0.717) is 12.8 Å². The number of carbonyl (C=O) groups excluding carboxylic acids is 1. The van der Waals surface area contributed by atoms with Gasteiger partial charge in [0.25, 0.3) is 0 Å². The third-order valence-electron chi connectivity index (χ3n) is 1.18. The van der Waals surface area contributed by atoms with E-state index in [-0.39, 0.29) is 5.91 Å². The topological polar surface area (TPSA) is 43.1 Å². The zero-order valence-electron chi connectivity index (χ0n) is 6.26. The van der Waals surface area contributed by atoms with Crippen LogP contribution in [0.5, 0.6) is 0 Å². The summed E-state index contributed by atoms with van der Waals surface area (Å²) < 4.78 is 0. The van der Waals surface area contributed by atoms with Gasteiger partial charge in [0.05, 0.1) is 0 Å². The number of rotatable bonds is 4. The van der Waals surface area contributed by atoms with Crippen LogP contribution in [0.15, 0.2) is 24.3 Å². The fourth-order valence-electron chi connectivity index (χ4n) is 0.525. The molecule has 56 valence electrons. The van der Waals surface area contributed by atoms with Crippen molar-refractivity contribution in [1.29, 1.82) is 0 Å². The molecule has 0 aromatic heterocycles. The van der Waals surface area contributed by atoms with E-state index < -0.39 is 0 Å². The molecule has 1 amide bonds. The van der Waals surface area contributed by atoms with Crippen molar-refractivity contribution in [3.8, 4) is 0 Å². The Bertz CT molecular complexity index is 159. The minimum Gasteiger partial charge on any atom is -0.370 e. The van der Waals surface area contributed by atoms with Gasteiger partial charge >= 0.3 is 0 Å². The van der Waals surface area contributed by atoms with E-state index in [4.69, 9.17) is 5.73 Å². The lowest BCUT2D eigenvalue weighted by Crippen LogP contribution is -2.08. The van der Waals surface area contributed by atoms with E-state index >= 15 is 0 Å². The Balaban J connectivity index is 3.52. The summed E-state index contributed by atoms with van der Waals surface area (Å²) in [5.74, 6) is -0.256. The van der Waals surface area contributed by atoms with Gasteiger partial charge in [-0.15, -0.1) is 0 Å². The molecule has 2 heteroatoms. The molecule has 0 saturated carbocycles. The molecule has 0 heterocycles. The molecule has 0 radical (unpaired) electrons. The number of amides is 1. The third kappa shape index (κ3) is 5.09. The first-order chi connectivity index (χ1) is 4.66. The Morgan fingerprint density at radius 1 is 1.70 bits per heavy atom. The number of carbonyl (C=O) groups is 1. The number of nitrogens with two attached hydrogens (primary N) is 1. The van der Waals surface area contributed by atoms with Crippen LogP contribution in [0.2, 0.25) is 0 Å². The Labute approximate surface area is 61.4 Å². The summed E-state index contributed by atoms with van der Waals surface area (Å²) in [4.78, 5) is 10.2. The zero-order chi connectivity index (χ0) is 7.98. The zero-order valence-corrected chi connectivity index (χ0v) is 6.26. The molecule has 0 aromatic rings. The molecule has 0 aliphatic rings. The summed E-state index contributed by atoms with van der Waals surface area (Å²) in [5.41, 5.74) is 6.01. The third-order valence-corrected chi connectivity index (χ3v) is 1.18. The van der Waals surface area contributed by atoms with Crippen LogP contribution in [0.3, 0.4) is 0 Å². The van der Waals surface area contributed by atoms with Crippen molar-refractivity contribution in [2.75, 3.05) is 0 Å². The lowest BCUT2D eigenvalue weighted by molar-refractivity contribution is -0.117. The monoisotopic (exact) mass is 139 g/mol. The first-order valence-corrected chi connectivity index (χ1v) is 3.24. The highest BCUT2D eigenvalue weighted by Gasteiger charge is 1.89. The maximum Gasteiger partial charge on any atom is 0.217 e. The summed E-state index contributed by atoms with van der Waals surface area (Å²) in [6, 6.07) is 0. The molecule has 0 aliphatic heterocycles. The van der Waals surface area contributed by atoms with Gasteiger partial charge in [0.1, 0.15) is 0 Å². The van der Waals surface area contributed by atoms with Crippen LogP contribution in [-0.2, 0) is 4.79 Å². The van der Waals surface area contributed by atoms with Crippen LogP contribution in [0.1, 0.15) is 19.8 Å². The molecule has 2 nitrogen and oxygen atoms in total. The summed E-state index contributed by atoms with van der Waals surface area (Å²) in [7, 11) is 0. The number of primary amides is 1. The second-order valence-corrected chi connectivity index (χ2v) is 2.16. The Hall–Kier alpha value is -1.05. The van der Waals surface area contributed by atoms with Gasteiger partial charge < -0.3 is 5.73 Å². The van der Waals surface area contributed by atoms with Crippen molar-refractivity contribution in [3.05, 3.63) is 24.3 Å². The van der Waals surface area contributed by atoms with Gasteiger partial charge in [-0.3, -0.25) is 4.79 Å². The molecule has 10 heavy (non-hydrogen) atoms. The van der Waals surface area contributed by atoms with Gasteiger partial charge in [0.2, 0.25) is 5.91 Å². The van der Waals surface area contributed by atoms with Crippen molar-refractivity contribution in [1.82, 2.24) is 0 Å². The van der Waals surface area contributed by atoms with Crippen LogP contribution in [0.25, 0.3) is 0 Å². The molecule has 0 bridgehead atoms. The van der Waals surface area contributed by atoms with Crippen LogP contribution < -0.4 is 5.73 Å². The number of hydrogen-bond donors (Lipinski definition) is 1. The molecule has 0 aromatic carbocycles. The highest BCUT2D eigenvalue weighted by molar-refractivity contribution is 5.73.